The zero-order valence-corrected chi connectivity index (χ0v) is 18.2. The molecular formula is C25H23N3O2S. The summed E-state index contributed by atoms with van der Waals surface area (Å²) in [5.74, 6) is -0.227. The molecule has 3 aromatic carbocycles. The van der Waals surface area contributed by atoms with Crippen molar-refractivity contribution in [3.05, 3.63) is 110 Å². The van der Waals surface area contributed by atoms with E-state index >= 15 is 0 Å². The molecule has 0 bridgehead atoms. The zero-order valence-electron chi connectivity index (χ0n) is 17.4. The van der Waals surface area contributed by atoms with Gasteiger partial charge in [0.1, 0.15) is 0 Å². The molecular weight excluding hydrogens is 406 g/mol. The van der Waals surface area contributed by atoms with Crippen LogP contribution in [-0.2, 0) is 6.54 Å². The van der Waals surface area contributed by atoms with Crippen molar-refractivity contribution in [3.63, 3.8) is 0 Å². The van der Waals surface area contributed by atoms with Crippen molar-refractivity contribution in [1.29, 1.82) is 0 Å². The molecule has 6 heteroatoms. The number of aryl methyl sites for hydroxylation is 1. The van der Waals surface area contributed by atoms with Crippen LogP contribution < -0.4 is 10.9 Å². The molecule has 0 aliphatic heterocycles. The van der Waals surface area contributed by atoms with E-state index in [1.54, 1.807) is 18.2 Å². The second kappa shape index (κ2) is 8.70. The van der Waals surface area contributed by atoms with Crippen LogP contribution in [0.25, 0.3) is 10.9 Å². The molecule has 156 valence electrons. The highest BCUT2D eigenvalue weighted by Crippen LogP contribution is 2.23. The fourth-order valence-corrected chi connectivity index (χ4v) is 3.98. The first kappa shape index (κ1) is 20.8. The summed E-state index contributed by atoms with van der Waals surface area (Å²) in [6.07, 6.45) is 0. The van der Waals surface area contributed by atoms with Gasteiger partial charge in [-0.05, 0) is 55.4 Å². The summed E-state index contributed by atoms with van der Waals surface area (Å²) in [4.78, 5) is 28.8. The van der Waals surface area contributed by atoms with Crippen LogP contribution in [0.4, 0.5) is 0 Å². The minimum absolute atomic E-state index is 0.157. The number of amides is 1. The fourth-order valence-electron chi connectivity index (χ4n) is 3.66. The van der Waals surface area contributed by atoms with Gasteiger partial charge in [-0.2, -0.15) is 0 Å². The number of aromatic amines is 1. The van der Waals surface area contributed by atoms with Crippen LogP contribution in [-0.4, -0.2) is 15.5 Å². The standard InChI is InChI=1S/C25H23N3O2S/c1-3-28-24(30)20-14-13-19(15-21(20)26-25(28)31)23(29)27-22(17-7-5-4-6-8-17)18-11-9-16(2)10-12-18/h4-15,22H,3H2,1-2H3,(H,26,31)(H,27,29). The summed E-state index contributed by atoms with van der Waals surface area (Å²) in [6, 6.07) is 22.7. The van der Waals surface area contributed by atoms with Gasteiger partial charge in [-0.15, -0.1) is 0 Å². The third-order valence-electron chi connectivity index (χ3n) is 5.38. The van der Waals surface area contributed by atoms with Gasteiger partial charge in [0, 0.05) is 12.1 Å². The largest absolute Gasteiger partial charge is 0.341 e. The van der Waals surface area contributed by atoms with Gasteiger partial charge in [-0.3, -0.25) is 14.2 Å². The minimum Gasteiger partial charge on any atom is -0.341 e. The minimum atomic E-state index is -0.295. The lowest BCUT2D eigenvalue weighted by molar-refractivity contribution is 0.0943. The number of fused-ring (bicyclic) bond motifs is 1. The Morgan fingerprint density at radius 3 is 2.39 bits per heavy atom. The van der Waals surface area contributed by atoms with Crippen molar-refractivity contribution in [3.8, 4) is 0 Å². The highest BCUT2D eigenvalue weighted by Gasteiger charge is 2.18. The molecule has 2 N–H and O–H groups in total. The van der Waals surface area contributed by atoms with E-state index in [0.29, 0.717) is 27.8 Å². The van der Waals surface area contributed by atoms with E-state index in [0.717, 1.165) is 16.7 Å². The highest BCUT2D eigenvalue weighted by atomic mass is 32.1. The van der Waals surface area contributed by atoms with E-state index < -0.39 is 0 Å². The molecule has 0 radical (unpaired) electrons. The summed E-state index contributed by atoms with van der Waals surface area (Å²) < 4.78 is 1.85. The van der Waals surface area contributed by atoms with Crippen molar-refractivity contribution in [2.45, 2.75) is 26.4 Å². The first-order valence-electron chi connectivity index (χ1n) is 10.2. The van der Waals surface area contributed by atoms with E-state index in [1.165, 1.54) is 4.57 Å². The Balaban J connectivity index is 1.72. The van der Waals surface area contributed by atoms with Crippen LogP contribution >= 0.6 is 12.2 Å². The molecule has 0 fully saturated rings. The van der Waals surface area contributed by atoms with Crippen molar-refractivity contribution in [1.82, 2.24) is 14.9 Å². The number of benzene rings is 3. The lowest BCUT2D eigenvalue weighted by atomic mass is 9.97. The second-order valence-corrected chi connectivity index (χ2v) is 7.85. The summed E-state index contributed by atoms with van der Waals surface area (Å²) in [7, 11) is 0. The van der Waals surface area contributed by atoms with Gasteiger partial charge >= 0.3 is 0 Å². The van der Waals surface area contributed by atoms with E-state index in [9.17, 15) is 9.59 Å². The van der Waals surface area contributed by atoms with E-state index in [2.05, 4.69) is 10.3 Å². The molecule has 1 atom stereocenters. The van der Waals surface area contributed by atoms with Crippen molar-refractivity contribution >= 4 is 29.0 Å². The Labute approximate surface area is 185 Å². The van der Waals surface area contributed by atoms with Gasteiger partial charge < -0.3 is 10.3 Å². The number of rotatable bonds is 5. The summed E-state index contributed by atoms with van der Waals surface area (Å²) in [6.45, 7) is 4.39. The second-order valence-electron chi connectivity index (χ2n) is 7.47. The Bertz CT molecular complexity index is 1360. The molecule has 0 aliphatic carbocycles. The van der Waals surface area contributed by atoms with Crippen molar-refractivity contribution < 1.29 is 4.79 Å². The number of carbonyl (C=O) groups excluding carboxylic acids is 1. The van der Waals surface area contributed by atoms with Crippen LogP contribution in [0.5, 0.6) is 0 Å². The monoisotopic (exact) mass is 429 g/mol. The molecule has 5 nitrogen and oxygen atoms in total. The first-order chi connectivity index (χ1) is 15.0. The van der Waals surface area contributed by atoms with Crippen LogP contribution in [0, 0.1) is 11.7 Å². The fraction of sp³-hybridized carbons (Fsp3) is 0.160. The summed E-state index contributed by atoms with van der Waals surface area (Å²) in [5, 5.41) is 3.64. The first-order valence-corrected chi connectivity index (χ1v) is 10.6. The molecule has 0 saturated carbocycles. The maximum atomic E-state index is 13.2. The molecule has 4 rings (SSSR count). The smallest absolute Gasteiger partial charge is 0.262 e. The highest BCUT2D eigenvalue weighted by molar-refractivity contribution is 7.71. The van der Waals surface area contributed by atoms with E-state index in [4.69, 9.17) is 12.2 Å². The number of carbonyl (C=O) groups is 1. The average molecular weight is 430 g/mol. The molecule has 0 aliphatic rings. The Morgan fingerprint density at radius 2 is 1.71 bits per heavy atom. The molecule has 1 aromatic heterocycles. The maximum Gasteiger partial charge on any atom is 0.262 e. The Hall–Kier alpha value is -3.51. The lowest BCUT2D eigenvalue weighted by Crippen LogP contribution is -2.29. The molecule has 0 spiro atoms. The SMILES string of the molecule is CCn1c(=S)[nH]c2cc(C(=O)NC(c3ccccc3)c3ccc(C)cc3)ccc2c1=O. The number of H-pyrrole nitrogens is 1. The summed E-state index contributed by atoms with van der Waals surface area (Å²) in [5.41, 5.74) is 4.00. The number of nitrogens with zero attached hydrogens (tertiary/aromatic N) is 1. The molecule has 1 heterocycles. The molecule has 0 saturated heterocycles. The number of hydrogen-bond donors (Lipinski definition) is 2. The van der Waals surface area contributed by atoms with Crippen molar-refractivity contribution in [2.75, 3.05) is 0 Å². The molecule has 31 heavy (non-hydrogen) atoms. The van der Waals surface area contributed by atoms with Crippen molar-refractivity contribution in [2.24, 2.45) is 0 Å². The summed E-state index contributed by atoms with van der Waals surface area (Å²) >= 11 is 5.29. The topological polar surface area (TPSA) is 66.9 Å². The average Bonchev–Trinajstić information content (AvgIpc) is 2.78. The zero-order chi connectivity index (χ0) is 22.0. The molecule has 1 amide bonds. The predicted octanol–water partition coefficient (Wildman–Crippen LogP) is 4.91. The molecule has 1 unspecified atom stereocenters. The Kier molecular flexibility index (Phi) is 5.82. The van der Waals surface area contributed by atoms with E-state index in [-0.39, 0.29) is 17.5 Å². The molecule has 4 aromatic rings. The third kappa shape index (κ3) is 4.20. The maximum absolute atomic E-state index is 13.2. The van der Waals surface area contributed by atoms with Gasteiger partial charge in [-0.25, -0.2) is 0 Å². The normalized spacial score (nSPS) is 11.9. The quantitative estimate of drug-likeness (QED) is 0.443. The van der Waals surface area contributed by atoms with Crippen LogP contribution in [0.2, 0.25) is 0 Å². The van der Waals surface area contributed by atoms with Crippen LogP contribution in [0.1, 0.15) is 40.0 Å². The van der Waals surface area contributed by atoms with Crippen LogP contribution in [0.15, 0.2) is 77.6 Å². The van der Waals surface area contributed by atoms with Gasteiger partial charge in [-0.1, -0.05) is 60.2 Å². The van der Waals surface area contributed by atoms with Gasteiger partial charge in [0.05, 0.1) is 16.9 Å². The van der Waals surface area contributed by atoms with E-state index in [1.807, 2.05) is 68.4 Å². The number of nitrogens with one attached hydrogen (secondary N) is 2. The Morgan fingerprint density at radius 1 is 1.03 bits per heavy atom. The third-order valence-corrected chi connectivity index (χ3v) is 5.70. The lowest BCUT2D eigenvalue weighted by Gasteiger charge is -2.20. The number of hydrogen-bond acceptors (Lipinski definition) is 3. The predicted molar refractivity (Wildman–Crippen MR) is 126 cm³/mol. The number of aromatic nitrogens is 2. The van der Waals surface area contributed by atoms with Gasteiger partial charge in [0.15, 0.2) is 4.77 Å². The van der Waals surface area contributed by atoms with Crippen LogP contribution in [0.3, 0.4) is 0 Å². The van der Waals surface area contributed by atoms with Gasteiger partial charge in [0.2, 0.25) is 0 Å². The van der Waals surface area contributed by atoms with Gasteiger partial charge in [0.25, 0.3) is 11.5 Å².